The molecule has 14 heavy (non-hydrogen) atoms. The fourth-order valence-electron chi connectivity index (χ4n) is 0.684. The highest BCUT2D eigenvalue weighted by Gasteiger charge is 1.76. The molecule has 2 rings (SSSR count). The van der Waals surface area contributed by atoms with Crippen molar-refractivity contribution < 1.29 is 0 Å². The number of rotatable bonds is 0. The van der Waals surface area contributed by atoms with Crippen LogP contribution in [0.1, 0.15) is 0 Å². The van der Waals surface area contributed by atoms with Crippen LogP contribution >= 0.6 is 31.9 Å². The van der Waals surface area contributed by atoms with Crippen LogP contribution in [0.15, 0.2) is 58.0 Å². The first-order valence-electron chi connectivity index (χ1n) is 3.91. The number of aromatic nitrogens is 2. The smallest absolute Gasteiger partial charge is 0.106 e. The molecule has 0 saturated carbocycles. The summed E-state index contributed by atoms with van der Waals surface area (Å²) in [5.74, 6) is 0. The van der Waals surface area contributed by atoms with Crippen molar-refractivity contribution in [1.29, 1.82) is 0 Å². The number of hydrogen-bond acceptors (Lipinski definition) is 2. The number of pyridine rings is 2. The van der Waals surface area contributed by atoms with Gasteiger partial charge in [-0.3, -0.25) is 4.98 Å². The lowest BCUT2D eigenvalue weighted by Crippen LogP contribution is -1.66. The molecule has 0 amide bonds. The van der Waals surface area contributed by atoms with Crippen molar-refractivity contribution in [2.75, 3.05) is 0 Å². The van der Waals surface area contributed by atoms with Gasteiger partial charge in [0, 0.05) is 23.1 Å². The van der Waals surface area contributed by atoms with Gasteiger partial charge in [-0.25, -0.2) is 4.98 Å². The summed E-state index contributed by atoms with van der Waals surface area (Å²) in [5.41, 5.74) is 0. The Balaban J connectivity index is 0.000000140. The predicted octanol–water partition coefficient (Wildman–Crippen LogP) is 3.69. The van der Waals surface area contributed by atoms with Gasteiger partial charge in [0.25, 0.3) is 0 Å². The largest absolute Gasteiger partial charge is 0.264 e. The summed E-state index contributed by atoms with van der Waals surface area (Å²) < 4.78 is 1.91. The third-order valence-electron chi connectivity index (χ3n) is 1.25. The zero-order valence-electron chi connectivity index (χ0n) is 7.27. The molecular weight excluding hydrogens is 308 g/mol. The molecule has 0 atom stereocenters. The number of halogens is 2. The maximum Gasteiger partial charge on any atom is 0.106 e. The minimum Gasteiger partial charge on any atom is -0.264 e. The van der Waals surface area contributed by atoms with Gasteiger partial charge in [0.2, 0.25) is 0 Å². The molecule has 0 radical (unpaired) electrons. The second kappa shape index (κ2) is 6.68. The lowest BCUT2D eigenvalue weighted by atomic mass is 10.5. The first-order chi connectivity index (χ1) is 6.79. The summed E-state index contributed by atoms with van der Waals surface area (Å²) in [6.07, 6.45) is 5.23. The predicted molar refractivity (Wildman–Crippen MR) is 63.9 cm³/mol. The number of hydrogen-bond donors (Lipinski definition) is 0. The van der Waals surface area contributed by atoms with E-state index in [0.29, 0.717) is 0 Å². The molecule has 2 heterocycles. The van der Waals surface area contributed by atoms with E-state index in [2.05, 4.69) is 41.8 Å². The maximum absolute atomic E-state index is 3.90. The van der Waals surface area contributed by atoms with E-state index in [9.17, 15) is 0 Å². The van der Waals surface area contributed by atoms with Crippen molar-refractivity contribution >= 4 is 31.9 Å². The topological polar surface area (TPSA) is 25.8 Å². The second-order valence-electron chi connectivity index (χ2n) is 2.32. The van der Waals surface area contributed by atoms with Crippen LogP contribution in [0.25, 0.3) is 0 Å². The van der Waals surface area contributed by atoms with Gasteiger partial charge < -0.3 is 0 Å². The highest BCUT2D eigenvalue weighted by Crippen LogP contribution is 2.03. The van der Waals surface area contributed by atoms with E-state index in [-0.39, 0.29) is 0 Å². The lowest BCUT2D eigenvalue weighted by molar-refractivity contribution is 1.28. The minimum absolute atomic E-state index is 0.884. The van der Waals surface area contributed by atoms with E-state index in [1.54, 1.807) is 18.6 Å². The number of nitrogens with zero attached hydrogens (tertiary/aromatic N) is 2. The van der Waals surface area contributed by atoms with Crippen LogP contribution in [0, 0.1) is 0 Å². The first kappa shape index (κ1) is 11.3. The van der Waals surface area contributed by atoms with Gasteiger partial charge in [-0.15, -0.1) is 0 Å². The second-order valence-corrected chi connectivity index (χ2v) is 4.05. The summed E-state index contributed by atoms with van der Waals surface area (Å²) in [6.45, 7) is 0. The fraction of sp³-hybridized carbons (Fsp3) is 0. The molecule has 0 unspecified atom stereocenters. The molecule has 0 aliphatic carbocycles. The van der Waals surface area contributed by atoms with Crippen LogP contribution in [-0.4, -0.2) is 9.97 Å². The van der Waals surface area contributed by atoms with E-state index < -0.39 is 0 Å². The summed E-state index contributed by atoms with van der Waals surface area (Å²) in [4.78, 5) is 7.73. The lowest BCUT2D eigenvalue weighted by Gasteiger charge is -1.80. The molecule has 0 N–H and O–H groups in total. The van der Waals surface area contributed by atoms with Gasteiger partial charge in [0.05, 0.1) is 0 Å². The summed E-state index contributed by atoms with van der Waals surface area (Å²) in [6, 6.07) is 9.51. The highest BCUT2D eigenvalue weighted by molar-refractivity contribution is 9.10. The van der Waals surface area contributed by atoms with E-state index in [1.807, 2.05) is 30.3 Å². The summed E-state index contributed by atoms with van der Waals surface area (Å²) >= 11 is 6.45. The molecular formula is C10H8Br2N2. The molecule has 2 aromatic heterocycles. The molecule has 2 aromatic rings. The monoisotopic (exact) mass is 314 g/mol. The molecule has 0 bridgehead atoms. The van der Waals surface area contributed by atoms with Crippen LogP contribution in [0.2, 0.25) is 0 Å². The Bertz CT molecular complexity index is 314. The van der Waals surface area contributed by atoms with Crippen molar-refractivity contribution in [1.82, 2.24) is 9.97 Å². The van der Waals surface area contributed by atoms with Crippen molar-refractivity contribution in [2.24, 2.45) is 0 Å². The standard InChI is InChI=1S/2C5H4BrN/c6-5-2-1-3-7-4-5;6-5-3-1-2-4-7-5/h2*1-4H. The quantitative estimate of drug-likeness (QED) is 0.693. The van der Waals surface area contributed by atoms with Crippen molar-refractivity contribution in [2.45, 2.75) is 0 Å². The summed E-state index contributed by atoms with van der Waals surface area (Å²) in [5, 5.41) is 0. The molecule has 2 nitrogen and oxygen atoms in total. The zero-order chi connectivity index (χ0) is 10.2. The SMILES string of the molecule is Brc1ccccn1.Brc1cccnc1. The van der Waals surface area contributed by atoms with Crippen molar-refractivity contribution in [3.63, 3.8) is 0 Å². The normalized spacial score (nSPS) is 8.71. The average Bonchev–Trinajstić information content (AvgIpc) is 2.21. The average molecular weight is 316 g/mol. The van der Waals surface area contributed by atoms with Crippen LogP contribution in [-0.2, 0) is 0 Å². The van der Waals surface area contributed by atoms with Crippen molar-refractivity contribution in [3.05, 3.63) is 58.0 Å². The molecule has 0 aliphatic rings. The third kappa shape index (κ3) is 5.09. The molecule has 72 valence electrons. The fourth-order valence-corrected chi connectivity index (χ4v) is 1.23. The van der Waals surface area contributed by atoms with Crippen LogP contribution in [0.4, 0.5) is 0 Å². The first-order valence-corrected chi connectivity index (χ1v) is 5.49. The molecule has 0 aromatic carbocycles. The Hall–Kier alpha value is -0.740. The van der Waals surface area contributed by atoms with Gasteiger partial charge in [0.1, 0.15) is 4.60 Å². The Labute approximate surface area is 99.7 Å². The molecule has 0 fully saturated rings. The maximum atomic E-state index is 3.90. The Kier molecular flexibility index (Phi) is 5.40. The van der Waals surface area contributed by atoms with Crippen molar-refractivity contribution in [3.8, 4) is 0 Å². The Morgan fingerprint density at radius 1 is 0.929 bits per heavy atom. The molecule has 4 heteroatoms. The molecule has 0 spiro atoms. The summed E-state index contributed by atoms with van der Waals surface area (Å²) in [7, 11) is 0. The van der Waals surface area contributed by atoms with Crippen LogP contribution < -0.4 is 0 Å². The van der Waals surface area contributed by atoms with Gasteiger partial charge >= 0.3 is 0 Å². The Morgan fingerprint density at radius 3 is 2.07 bits per heavy atom. The van der Waals surface area contributed by atoms with E-state index >= 15 is 0 Å². The van der Waals surface area contributed by atoms with E-state index in [0.717, 1.165) is 9.08 Å². The minimum atomic E-state index is 0.884. The highest BCUT2D eigenvalue weighted by atomic mass is 79.9. The van der Waals surface area contributed by atoms with E-state index in [4.69, 9.17) is 0 Å². The van der Waals surface area contributed by atoms with Crippen LogP contribution in [0.3, 0.4) is 0 Å². The molecule has 0 aliphatic heterocycles. The van der Waals surface area contributed by atoms with Gasteiger partial charge in [-0.05, 0) is 56.1 Å². The Morgan fingerprint density at radius 2 is 1.79 bits per heavy atom. The van der Waals surface area contributed by atoms with Crippen LogP contribution in [0.5, 0.6) is 0 Å². The van der Waals surface area contributed by atoms with Gasteiger partial charge in [0.15, 0.2) is 0 Å². The van der Waals surface area contributed by atoms with Gasteiger partial charge in [-0.1, -0.05) is 6.07 Å². The van der Waals surface area contributed by atoms with Gasteiger partial charge in [-0.2, -0.15) is 0 Å². The third-order valence-corrected chi connectivity index (χ3v) is 2.19. The zero-order valence-corrected chi connectivity index (χ0v) is 10.4. The molecule has 0 saturated heterocycles. The van der Waals surface area contributed by atoms with E-state index in [1.165, 1.54) is 0 Å².